The summed E-state index contributed by atoms with van der Waals surface area (Å²) in [5, 5.41) is 14.6. The zero-order chi connectivity index (χ0) is 13.2. The molecule has 1 heterocycles. The summed E-state index contributed by atoms with van der Waals surface area (Å²) in [6, 6.07) is 17.6. The first kappa shape index (κ1) is 11.5. The van der Waals surface area contributed by atoms with Crippen LogP contribution in [0.25, 0.3) is 16.8 Å². The lowest BCUT2D eigenvalue weighted by Crippen LogP contribution is -1.95. The van der Waals surface area contributed by atoms with Crippen LogP contribution < -0.4 is 0 Å². The van der Waals surface area contributed by atoms with E-state index in [4.69, 9.17) is 0 Å². The molecule has 0 bridgehead atoms. The molecule has 0 aliphatic carbocycles. The van der Waals surface area contributed by atoms with Crippen LogP contribution in [0.1, 0.15) is 5.56 Å². The minimum absolute atomic E-state index is 0.162. The Morgan fingerprint density at radius 2 is 1.63 bits per heavy atom. The van der Waals surface area contributed by atoms with Gasteiger partial charge in [0.2, 0.25) is 5.88 Å². The van der Waals surface area contributed by atoms with Crippen LogP contribution in [0.4, 0.5) is 0 Å². The second-order valence-corrected chi connectivity index (χ2v) is 4.50. The van der Waals surface area contributed by atoms with Crippen LogP contribution >= 0.6 is 0 Å². The summed E-state index contributed by atoms with van der Waals surface area (Å²) < 4.78 is 1.54. The highest BCUT2D eigenvalue weighted by Crippen LogP contribution is 2.30. The molecule has 0 saturated heterocycles. The standard InChI is InChI=1S/C16H14N2O/c1-12-7-9-14(10-8-12)18-16(19)15(11-17-18)13-5-3-2-4-6-13/h2-11,19H,1H3. The maximum Gasteiger partial charge on any atom is 0.222 e. The molecule has 19 heavy (non-hydrogen) atoms. The molecule has 3 nitrogen and oxygen atoms in total. The van der Waals surface area contributed by atoms with E-state index in [9.17, 15) is 5.11 Å². The minimum Gasteiger partial charge on any atom is -0.493 e. The molecule has 0 atom stereocenters. The van der Waals surface area contributed by atoms with E-state index >= 15 is 0 Å². The normalized spacial score (nSPS) is 10.6. The van der Waals surface area contributed by atoms with Gasteiger partial charge in [-0.05, 0) is 24.6 Å². The summed E-state index contributed by atoms with van der Waals surface area (Å²) in [5.41, 5.74) is 3.73. The van der Waals surface area contributed by atoms with E-state index < -0.39 is 0 Å². The summed E-state index contributed by atoms with van der Waals surface area (Å²) in [7, 11) is 0. The summed E-state index contributed by atoms with van der Waals surface area (Å²) in [5.74, 6) is 0.162. The Bertz CT molecular complexity index is 685. The Morgan fingerprint density at radius 1 is 0.947 bits per heavy atom. The minimum atomic E-state index is 0.162. The Morgan fingerprint density at radius 3 is 2.32 bits per heavy atom. The van der Waals surface area contributed by atoms with Gasteiger partial charge in [-0.25, -0.2) is 4.68 Å². The van der Waals surface area contributed by atoms with Crippen LogP contribution in [0.2, 0.25) is 0 Å². The van der Waals surface area contributed by atoms with Gasteiger partial charge in [0.25, 0.3) is 0 Å². The van der Waals surface area contributed by atoms with Crippen molar-refractivity contribution in [3.63, 3.8) is 0 Å². The number of rotatable bonds is 2. The molecule has 3 rings (SSSR count). The highest BCUT2D eigenvalue weighted by Gasteiger charge is 2.12. The molecule has 1 aromatic heterocycles. The van der Waals surface area contributed by atoms with Crippen LogP contribution in [0.5, 0.6) is 5.88 Å². The summed E-state index contributed by atoms with van der Waals surface area (Å²) >= 11 is 0. The van der Waals surface area contributed by atoms with Gasteiger partial charge in [0, 0.05) is 0 Å². The molecule has 3 heteroatoms. The topological polar surface area (TPSA) is 38.0 Å². The molecule has 0 aliphatic rings. The van der Waals surface area contributed by atoms with Crippen LogP contribution in [-0.4, -0.2) is 14.9 Å². The number of benzene rings is 2. The molecule has 0 unspecified atom stereocenters. The lowest BCUT2D eigenvalue weighted by atomic mass is 10.1. The fourth-order valence-electron chi connectivity index (χ4n) is 2.04. The average Bonchev–Trinajstić information content (AvgIpc) is 2.83. The SMILES string of the molecule is Cc1ccc(-n2ncc(-c3ccccc3)c2O)cc1. The number of aromatic hydroxyl groups is 1. The Hall–Kier alpha value is -2.55. The molecule has 0 aliphatic heterocycles. The van der Waals surface area contributed by atoms with Crippen molar-refractivity contribution in [2.75, 3.05) is 0 Å². The third-order valence-electron chi connectivity index (χ3n) is 3.11. The van der Waals surface area contributed by atoms with Gasteiger partial charge in [0.1, 0.15) is 0 Å². The highest BCUT2D eigenvalue weighted by atomic mass is 16.3. The van der Waals surface area contributed by atoms with E-state index in [2.05, 4.69) is 5.10 Å². The predicted molar refractivity (Wildman–Crippen MR) is 75.4 cm³/mol. The lowest BCUT2D eigenvalue weighted by molar-refractivity contribution is 0.435. The van der Waals surface area contributed by atoms with E-state index in [0.29, 0.717) is 0 Å². The average molecular weight is 250 g/mol. The smallest absolute Gasteiger partial charge is 0.222 e. The van der Waals surface area contributed by atoms with Gasteiger partial charge >= 0.3 is 0 Å². The van der Waals surface area contributed by atoms with Crippen molar-refractivity contribution in [2.45, 2.75) is 6.92 Å². The second kappa shape index (κ2) is 4.61. The van der Waals surface area contributed by atoms with Gasteiger partial charge in [-0.3, -0.25) is 0 Å². The summed E-state index contributed by atoms with van der Waals surface area (Å²) in [6.07, 6.45) is 1.69. The van der Waals surface area contributed by atoms with Crippen molar-refractivity contribution in [2.24, 2.45) is 0 Å². The Balaban J connectivity index is 2.06. The van der Waals surface area contributed by atoms with Crippen molar-refractivity contribution >= 4 is 0 Å². The van der Waals surface area contributed by atoms with Crippen molar-refractivity contribution in [1.82, 2.24) is 9.78 Å². The fourth-order valence-corrected chi connectivity index (χ4v) is 2.04. The van der Waals surface area contributed by atoms with Crippen LogP contribution in [0.15, 0.2) is 60.8 Å². The van der Waals surface area contributed by atoms with Gasteiger partial charge in [-0.1, -0.05) is 48.0 Å². The first-order chi connectivity index (χ1) is 9.25. The van der Waals surface area contributed by atoms with Crippen LogP contribution in [-0.2, 0) is 0 Å². The zero-order valence-electron chi connectivity index (χ0n) is 10.6. The predicted octanol–water partition coefficient (Wildman–Crippen LogP) is 3.55. The van der Waals surface area contributed by atoms with Gasteiger partial charge in [0.15, 0.2) is 0 Å². The number of hydrogen-bond acceptors (Lipinski definition) is 2. The number of hydrogen-bond donors (Lipinski definition) is 1. The van der Waals surface area contributed by atoms with E-state index in [0.717, 1.165) is 16.8 Å². The first-order valence-corrected chi connectivity index (χ1v) is 6.15. The maximum absolute atomic E-state index is 10.3. The highest BCUT2D eigenvalue weighted by molar-refractivity contribution is 5.68. The van der Waals surface area contributed by atoms with Crippen LogP contribution in [0.3, 0.4) is 0 Å². The van der Waals surface area contributed by atoms with Crippen molar-refractivity contribution in [3.8, 4) is 22.7 Å². The molecule has 2 aromatic carbocycles. The summed E-state index contributed by atoms with van der Waals surface area (Å²) in [6.45, 7) is 2.03. The van der Waals surface area contributed by atoms with E-state index in [1.165, 1.54) is 5.56 Å². The van der Waals surface area contributed by atoms with Gasteiger partial charge < -0.3 is 5.11 Å². The maximum atomic E-state index is 10.3. The van der Waals surface area contributed by atoms with Crippen molar-refractivity contribution in [1.29, 1.82) is 0 Å². The molecule has 1 N–H and O–H groups in total. The third-order valence-corrected chi connectivity index (χ3v) is 3.11. The van der Waals surface area contributed by atoms with Gasteiger partial charge in [0.05, 0.1) is 17.4 Å². The Kier molecular flexibility index (Phi) is 2.80. The second-order valence-electron chi connectivity index (χ2n) is 4.50. The molecule has 0 saturated carbocycles. The molecular weight excluding hydrogens is 236 g/mol. The molecule has 0 fully saturated rings. The lowest BCUT2D eigenvalue weighted by Gasteiger charge is -2.04. The molecular formula is C16H14N2O. The summed E-state index contributed by atoms with van der Waals surface area (Å²) in [4.78, 5) is 0. The van der Waals surface area contributed by atoms with Crippen LogP contribution in [0, 0.1) is 6.92 Å². The van der Waals surface area contributed by atoms with E-state index in [1.807, 2.05) is 61.5 Å². The number of aryl methyl sites for hydroxylation is 1. The quantitative estimate of drug-likeness (QED) is 0.755. The molecule has 94 valence electrons. The molecule has 0 radical (unpaired) electrons. The Labute approximate surface area is 111 Å². The largest absolute Gasteiger partial charge is 0.493 e. The monoisotopic (exact) mass is 250 g/mol. The fraction of sp³-hybridized carbons (Fsp3) is 0.0625. The van der Waals surface area contributed by atoms with Crippen molar-refractivity contribution < 1.29 is 5.11 Å². The molecule has 0 amide bonds. The van der Waals surface area contributed by atoms with E-state index in [1.54, 1.807) is 10.9 Å². The first-order valence-electron chi connectivity index (χ1n) is 6.15. The molecule has 0 spiro atoms. The zero-order valence-corrected chi connectivity index (χ0v) is 10.6. The van der Waals surface area contributed by atoms with E-state index in [-0.39, 0.29) is 5.88 Å². The third kappa shape index (κ3) is 2.10. The van der Waals surface area contributed by atoms with Crippen molar-refractivity contribution in [3.05, 3.63) is 66.4 Å². The number of aromatic nitrogens is 2. The number of nitrogens with zero attached hydrogens (tertiary/aromatic N) is 2. The van der Waals surface area contributed by atoms with Gasteiger partial charge in [-0.2, -0.15) is 5.10 Å². The van der Waals surface area contributed by atoms with Gasteiger partial charge in [-0.15, -0.1) is 0 Å². The molecule has 3 aromatic rings.